The molecule has 5 heteroatoms. The van der Waals surface area contributed by atoms with Gasteiger partial charge in [-0.25, -0.2) is 0 Å². The molecule has 3 rings (SSSR count). The van der Waals surface area contributed by atoms with Crippen LogP contribution in [0.15, 0.2) is 42.5 Å². The minimum atomic E-state index is -0.226. The number of rotatable bonds is 7. The van der Waals surface area contributed by atoms with Gasteiger partial charge in [-0.1, -0.05) is 30.3 Å². The van der Waals surface area contributed by atoms with Crippen molar-refractivity contribution in [2.75, 3.05) is 19.6 Å². The van der Waals surface area contributed by atoms with Gasteiger partial charge in [0.1, 0.15) is 6.54 Å². The topological polar surface area (TPSA) is 62.6 Å². The molecule has 1 aliphatic rings. The number of carbonyl (C=O) groups is 2. The smallest absolute Gasteiger partial charge is 0.251 e. The van der Waals surface area contributed by atoms with Crippen LogP contribution in [0.2, 0.25) is 0 Å². The Morgan fingerprint density at radius 2 is 1.64 bits per heavy atom. The quantitative estimate of drug-likeness (QED) is 0.682. The predicted molar refractivity (Wildman–Crippen MR) is 110 cm³/mol. The van der Waals surface area contributed by atoms with Crippen LogP contribution in [0.3, 0.4) is 0 Å². The molecule has 1 heterocycles. The first-order chi connectivity index (χ1) is 13.5. The van der Waals surface area contributed by atoms with Crippen molar-refractivity contribution in [2.45, 2.75) is 39.8 Å². The molecule has 0 bridgehead atoms. The molecule has 3 N–H and O–H groups in total. The van der Waals surface area contributed by atoms with Crippen LogP contribution in [0.4, 0.5) is 0 Å². The SMILES string of the molecule is Cc1ccc(C(=O)NCC(=O)NCc2ccccc2C[NH+]2CCCC2)cc1C. The van der Waals surface area contributed by atoms with Gasteiger partial charge in [0.05, 0.1) is 19.6 Å². The second kappa shape index (κ2) is 9.51. The Kier molecular flexibility index (Phi) is 6.82. The molecule has 2 amide bonds. The maximum atomic E-state index is 12.2. The second-order valence-electron chi connectivity index (χ2n) is 7.66. The Bertz CT molecular complexity index is 841. The molecule has 0 radical (unpaired) electrons. The molecular formula is C23H30N3O2+. The zero-order valence-electron chi connectivity index (χ0n) is 16.8. The molecular weight excluding hydrogens is 350 g/mol. The zero-order valence-corrected chi connectivity index (χ0v) is 16.8. The number of benzene rings is 2. The summed E-state index contributed by atoms with van der Waals surface area (Å²) in [5, 5.41) is 5.63. The molecule has 2 aromatic carbocycles. The Hall–Kier alpha value is -2.66. The van der Waals surface area contributed by atoms with Crippen LogP contribution >= 0.6 is 0 Å². The number of aryl methyl sites for hydroxylation is 2. The lowest BCUT2D eigenvalue weighted by atomic mass is 10.1. The van der Waals surface area contributed by atoms with Crippen LogP contribution in [0, 0.1) is 13.8 Å². The normalized spacial score (nSPS) is 14.1. The minimum Gasteiger partial charge on any atom is -0.350 e. The van der Waals surface area contributed by atoms with E-state index in [-0.39, 0.29) is 18.4 Å². The van der Waals surface area contributed by atoms with E-state index in [1.807, 2.05) is 32.0 Å². The maximum absolute atomic E-state index is 12.2. The summed E-state index contributed by atoms with van der Waals surface area (Å²) >= 11 is 0. The van der Waals surface area contributed by atoms with Gasteiger partial charge in [0, 0.05) is 30.5 Å². The van der Waals surface area contributed by atoms with Crippen LogP contribution in [0.5, 0.6) is 0 Å². The van der Waals surface area contributed by atoms with Crippen molar-refractivity contribution in [3.05, 3.63) is 70.3 Å². The van der Waals surface area contributed by atoms with E-state index < -0.39 is 0 Å². The highest BCUT2D eigenvalue weighted by molar-refractivity contribution is 5.96. The van der Waals surface area contributed by atoms with Gasteiger partial charge in [-0.15, -0.1) is 0 Å². The highest BCUT2D eigenvalue weighted by atomic mass is 16.2. The lowest BCUT2D eigenvalue weighted by Crippen LogP contribution is -3.08. The van der Waals surface area contributed by atoms with Gasteiger partial charge in [0.2, 0.25) is 5.91 Å². The largest absolute Gasteiger partial charge is 0.350 e. The first kappa shape index (κ1) is 20.1. The third-order valence-electron chi connectivity index (χ3n) is 5.52. The summed E-state index contributed by atoms with van der Waals surface area (Å²) < 4.78 is 0. The molecule has 0 aromatic heterocycles. The van der Waals surface area contributed by atoms with Crippen LogP contribution in [-0.4, -0.2) is 31.4 Å². The standard InChI is InChI=1S/C23H29N3O2/c1-17-9-10-19(13-18(17)2)23(28)25-15-22(27)24-14-20-7-3-4-8-21(20)16-26-11-5-6-12-26/h3-4,7-10,13H,5-6,11-12,14-16H2,1-2H3,(H,24,27)(H,25,28)/p+1. The molecule has 0 spiro atoms. The van der Waals surface area contributed by atoms with Crippen LogP contribution in [0.25, 0.3) is 0 Å². The Morgan fingerprint density at radius 1 is 0.929 bits per heavy atom. The zero-order chi connectivity index (χ0) is 19.9. The molecule has 1 aliphatic heterocycles. The van der Waals surface area contributed by atoms with Crippen molar-refractivity contribution in [3.8, 4) is 0 Å². The predicted octanol–water partition coefficient (Wildman–Crippen LogP) is 1.53. The summed E-state index contributed by atoms with van der Waals surface area (Å²) in [5.74, 6) is -0.406. The van der Waals surface area contributed by atoms with Crippen molar-refractivity contribution < 1.29 is 14.5 Å². The van der Waals surface area contributed by atoms with Gasteiger partial charge < -0.3 is 15.5 Å². The highest BCUT2D eigenvalue weighted by Crippen LogP contribution is 2.10. The third-order valence-corrected chi connectivity index (χ3v) is 5.52. The summed E-state index contributed by atoms with van der Waals surface area (Å²) in [6, 6.07) is 13.8. The fourth-order valence-corrected chi connectivity index (χ4v) is 3.63. The lowest BCUT2D eigenvalue weighted by Gasteiger charge is -2.15. The van der Waals surface area contributed by atoms with Crippen LogP contribution in [0.1, 0.15) is 45.5 Å². The second-order valence-corrected chi connectivity index (χ2v) is 7.66. The molecule has 1 saturated heterocycles. The molecule has 5 nitrogen and oxygen atoms in total. The van der Waals surface area contributed by atoms with E-state index >= 15 is 0 Å². The molecule has 148 valence electrons. The van der Waals surface area contributed by atoms with Gasteiger partial charge >= 0.3 is 0 Å². The van der Waals surface area contributed by atoms with Gasteiger partial charge in [-0.2, -0.15) is 0 Å². The molecule has 0 atom stereocenters. The van der Waals surface area contributed by atoms with Crippen molar-refractivity contribution in [2.24, 2.45) is 0 Å². The van der Waals surface area contributed by atoms with Gasteiger partial charge in [0.25, 0.3) is 5.91 Å². The minimum absolute atomic E-state index is 0.0225. The Balaban J connectivity index is 1.49. The number of hydrogen-bond acceptors (Lipinski definition) is 2. The average Bonchev–Trinajstić information content (AvgIpc) is 3.20. The molecule has 28 heavy (non-hydrogen) atoms. The van der Waals surface area contributed by atoms with Gasteiger partial charge in [0.15, 0.2) is 0 Å². The summed E-state index contributed by atoms with van der Waals surface area (Å²) in [5.41, 5.74) is 5.22. The van der Waals surface area contributed by atoms with Crippen molar-refractivity contribution in [1.82, 2.24) is 10.6 Å². The lowest BCUT2D eigenvalue weighted by molar-refractivity contribution is -0.901. The fraction of sp³-hybridized carbons (Fsp3) is 0.391. The van der Waals surface area contributed by atoms with Crippen molar-refractivity contribution >= 4 is 11.8 Å². The summed E-state index contributed by atoms with van der Waals surface area (Å²) in [7, 11) is 0. The van der Waals surface area contributed by atoms with Gasteiger partial charge in [-0.3, -0.25) is 9.59 Å². The van der Waals surface area contributed by atoms with Gasteiger partial charge in [-0.05, 0) is 42.7 Å². The number of quaternary nitrogens is 1. The van der Waals surface area contributed by atoms with Crippen LogP contribution < -0.4 is 15.5 Å². The molecule has 2 aromatic rings. The fourth-order valence-electron chi connectivity index (χ4n) is 3.63. The van der Waals surface area contributed by atoms with E-state index in [2.05, 4.69) is 28.8 Å². The first-order valence-corrected chi connectivity index (χ1v) is 10.1. The number of carbonyl (C=O) groups excluding carboxylic acids is 2. The van der Waals surface area contributed by atoms with E-state index in [1.54, 1.807) is 11.0 Å². The third kappa shape index (κ3) is 5.42. The summed E-state index contributed by atoms with van der Waals surface area (Å²) in [6.45, 7) is 7.91. The number of hydrogen-bond donors (Lipinski definition) is 3. The van der Waals surface area contributed by atoms with Crippen molar-refractivity contribution in [1.29, 1.82) is 0 Å². The molecule has 0 aliphatic carbocycles. The summed E-state index contributed by atoms with van der Waals surface area (Å²) in [4.78, 5) is 26.0. The maximum Gasteiger partial charge on any atom is 0.251 e. The molecule has 0 unspecified atom stereocenters. The van der Waals surface area contributed by atoms with Crippen LogP contribution in [-0.2, 0) is 17.9 Å². The molecule has 0 saturated carbocycles. The Morgan fingerprint density at radius 3 is 2.36 bits per heavy atom. The van der Waals surface area contributed by atoms with E-state index in [1.165, 1.54) is 31.5 Å². The monoisotopic (exact) mass is 380 g/mol. The van der Waals surface area contributed by atoms with E-state index in [0.717, 1.165) is 23.2 Å². The summed E-state index contributed by atoms with van der Waals surface area (Å²) in [6.07, 6.45) is 2.60. The van der Waals surface area contributed by atoms with Crippen molar-refractivity contribution in [3.63, 3.8) is 0 Å². The van der Waals surface area contributed by atoms with E-state index in [0.29, 0.717) is 12.1 Å². The first-order valence-electron chi connectivity index (χ1n) is 10.1. The highest BCUT2D eigenvalue weighted by Gasteiger charge is 2.17. The number of amides is 2. The number of likely N-dealkylation sites (tertiary alicyclic amines) is 1. The van der Waals surface area contributed by atoms with E-state index in [9.17, 15) is 9.59 Å². The Labute approximate surface area is 167 Å². The number of nitrogens with one attached hydrogen (secondary N) is 3. The average molecular weight is 381 g/mol. The van der Waals surface area contributed by atoms with E-state index in [4.69, 9.17) is 0 Å². The molecule has 1 fully saturated rings.